The van der Waals surface area contributed by atoms with Gasteiger partial charge in [-0.1, -0.05) is 0 Å². The second-order valence-electron chi connectivity index (χ2n) is 7.78. The van der Waals surface area contributed by atoms with Gasteiger partial charge in [-0.05, 0) is 49.4 Å². The number of hydrogen-bond donors (Lipinski definition) is 2. The first-order valence-corrected chi connectivity index (χ1v) is 9.83. The fourth-order valence-electron chi connectivity index (χ4n) is 3.56. The first-order chi connectivity index (χ1) is 14.1. The summed E-state index contributed by atoms with van der Waals surface area (Å²) in [4.78, 5) is 35.7. The van der Waals surface area contributed by atoms with Crippen LogP contribution in [0.2, 0.25) is 0 Å². The Kier molecular flexibility index (Phi) is 4.19. The Balaban J connectivity index is 1.33. The van der Waals surface area contributed by atoms with E-state index < -0.39 is 0 Å². The number of nitrogens with one attached hydrogen (secondary N) is 2. The highest BCUT2D eigenvalue weighted by Gasteiger charge is 2.32. The summed E-state index contributed by atoms with van der Waals surface area (Å²) in [5.74, 6) is 0.986. The SMILES string of the molecule is Cc1ccn2cc(CNC(=O)c3cnc4c(c3)N(CC3CC3)C(=O)CN4)nc2c1. The van der Waals surface area contributed by atoms with Crippen molar-refractivity contribution in [3.8, 4) is 0 Å². The number of amides is 2. The van der Waals surface area contributed by atoms with Crippen LogP contribution in [0, 0.1) is 12.8 Å². The fraction of sp³-hybridized carbons (Fsp3) is 0.333. The fourth-order valence-corrected chi connectivity index (χ4v) is 3.56. The number of anilines is 2. The summed E-state index contributed by atoms with van der Waals surface area (Å²) < 4.78 is 1.93. The van der Waals surface area contributed by atoms with Crippen LogP contribution < -0.4 is 15.5 Å². The van der Waals surface area contributed by atoms with Gasteiger partial charge in [-0.3, -0.25) is 9.59 Å². The summed E-state index contributed by atoms with van der Waals surface area (Å²) in [6.07, 6.45) is 7.70. The average Bonchev–Trinajstić information content (AvgIpc) is 3.45. The van der Waals surface area contributed by atoms with Gasteiger partial charge in [0.05, 0.1) is 30.0 Å². The van der Waals surface area contributed by atoms with Crippen LogP contribution in [0.5, 0.6) is 0 Å². The standard InChI is InChI=1S/C21H22N6O2/c1-13-4-5-26-12-16(25-18(26)6-13)9-24-21(29)15-7-17-20(22-8-15)23-10-19(28)27(17)11-14-2-3-14/h4-8,12,14H,2-3,9-11H2,1H3,(H,22,23)(H,24,29). The van der Waals surface area contributed by atoms with E-state index in [1.54, 1.807) is 17.2 Å². The number of carbonyl (C=O) groups is 2. The Morgan fingerprint density at radius 3 is 3.03 bits per heavy atom. The van der Waals surface area contributed by atoms with Gasteiger partial charge < -0.3 is 19.9 Å². The van der Waals surface area contributed by atoms with E-state index in [9.17, 15) is 9.59 Å². The molecule has 0 aromatic carbocycles. The molecule has 1 aliphatic carbocycles. The first-order valence-electron chi connectivity index (χ1n) is 9.83. The van der Waals surface area contributed by atoms with Gasteiger partial charge >= 0.3 is 0 Å². The van der Waals surface area contributed by atoms with Crippen LogP contribution >= 0.6 is 0 Å². The molecule has 0 bridgehead atoms. The molecule has 3 aromatic rings. The highest BCUT2D eigenvalue weighted by molar-refractivity contribution is 6.04. The molecule has 29 heavy (non-hydrogen) atoms. The molecule has 4 heterocycles. The number of hydrogen-bond acceptors (Lipinski definition) is 5. The Morgan fingerprint density at radius 2 is 2.21 bits per heavy atom. The van der Waals surface area contributed by atoms with Crippen molar-refractivity contribution in [2.45, 2.75) is 26.3 Å². The van der Waals surface area contributed by atoms with E-state index in [4.69, 9.17) is 0 Å². The number of nitrogens with zero attached hydrogens (tertiary/aromatic N) is 4. The van der Waals surface area contributed by atoms with Crippen LogP contribution in [0.3, 0.4) is 0 Å². The van der Waals surface area contributed by atoms with E-state index in [1.807, 2.05) is 35.9 Å². The van der Waals surface area contributed by atoms with Gasteiger partial charge in [-0.2, -0.15) is 0 Å². The maximum atomic E-state index is 12.7. The predicted octanol–water partition coefficient (Wildman–Crippen LogP) is 2.14. The van der Waals surface area contributed by atoms with Crippen molar-refractivity contribution < 1.29 is 9.59 Å². The number of imidazole rings is 1. The van der Waals surface area contributed by atoms with E-state index in [0.717, 1.165) is 29.7 Å². The molecule has 0 atom stereocenters. The number of fused-ring (bicyclic) bond motifs is 2. The molecule has 1 fully saturated rings. The predicted molar refractivity (Wildman–Crippen MR) is 109 cm³/mol. The molecule has 1 aliphatic heterocycles. The molecule has 8 nitrogen and oxygen atoms in total. The monoisotopic (exact) mass is 390 g/mol. The zero-order valence-corrected chi connectivity index (χ0v) is 16.2. The number of carbonyl (C=O) groups excluding carboxylic acids is 2. The van der Waals surface area contributed by atoms with Gasteiger partial charge in [-0.15, -0.1) is 0 Å². The third-order valence-electron chi connectivity index (χ3n) is 5.36. The van der Waals surface area contributed by atoms with Gasteiger partial charge in [0.2, 0.25) is 5.91 Å². The summed E-state index contributed by atoms with van der Waals surface area (Å²) in [6.45, 7) is 3.28. The largest absolute Gasteiger partial charge is 0.359 e. The maximum absolute atomic E-state index is 12.7. The van der Waals surface area contributed by atoms with Gasteiger partial charge in [-0.25, -0.2) is 9.97 Å². The molecule has 3 aromatic heterocycles. The third kappa shape index (κ3) is 3.53. The highest BCUT2D eigenvalue weighted by Crippen LogP contribution is 2.35. The maximum Gasteiger partial charge on any atom is 0.253 e. The number of pyridine rings is 2. The molecule has 148 valence electrons. The molecule has 0 spiro atoms. The number of aryl methyl sites for hydroxylation is 1. The minimum absolute atomic E-state index is 0.0174. The molecule has 8 heteroatoms. The van der Waals surface area contributed by atoms with Gasteiger partial charge in [0.15, 0.2) is 0 Å². The Bertz CT molecular complexity index is 1120. The molecule has 2 N–H and O–H groups in total. The smallest absolute Gasteiger partial charge is 0.253 e. The van der Waals surface area contributed by atoms with Gasteiger partial charge in [0, 0.05) is 25.1 Å². The van der Waals surface area contributed by atoms with Gasteiger partial charge in [0.1, 0.15) is 11.5 Å². The molecule has 0 saturated heterocycles. The molecule has 5 rings (SSSR count). The molecule has 0 radical (unpaired) electrons. The lowest BCUT2D eigenvalue weighted by Gasteiger charge is -2.29. The summed E-state index contributed by atoms with van der Waals surface area (Å²) in [6, 6.07) is 5.76. The van der Waals surface area contributed by atoms with Crippen molar-refractivity contribution in [3.63, 3.8) is 0 Å². The Labute approximate surface area is 168 Å². The summed E-state index contributed by atoms with van der Waals surface area (Å²) in [7, 11) is 0. The third-order valence-corrected chi connectivity index (χ3v) is 5.36. The normalized spacial score (nSPS) is 15.9. The minimum atomic E-state index is -0.238. The van der Waals surface area contributed by atoms with Crippen LogP contribution in [0.25, 0.3) is 5.65 Å². The van der Waals surface area contributed by atoms with Crippen molar-refractivity contribution in [2.75, 3.05) is 23.3 Å². The van der Waals surface area contributed by atoms with Crippen molar-refractivity contribution in [1.29, 1.82) is 0 Å². The lowest BCUT2D eigenvalue weighted by molar-refractivity contribution is -0.117. The molecule has 2 aliphatic rings. The topological polar surface area (TPSA) is 91.6 Å². The lowest BCUT2D eigenvalue weighted by Crippen LogP contribution is -2.41. The molecular formula is C21H22N6O2. The second-order valence-corrected chi connectivity index (χ2v) is 7.78. The Hall–Kier alpha value is -3.42. The van der Waals surface area contributed by atoms with E-state index in [1.165, 1.54) is 0 Å². The van der Waals surface area contributed by atoms with Crippen molar-refractivity contribution in [2.24, 2.45) is 5.92 Å². The molecule has 2 amide bonds. The van der Waals surface area contributed by atoms with Crippen LogP contribution in [0.15, 0.2) is 36.8 Å². The highest BCUT2D eigenvalue weighted by atomic mass is 16.2. The van der Waals surface area contributed by atoms with E-state index >= 15 is 0 Å². The second kappa shape index (κ2) is 6.88. The van der Waals surface area contributed by atoms with E-state index in [2.05, 4.69) is 20.6 Å². The molecular weight excluding hydrogens is 368 g/mol. The zero-order valence-electron chi connectivity index (χ0n) is 16.2. The summed E-state index contributed by atoms with van der Waals surface area (Å²) >= 11 is 0. The summed E-state index contributed by atoms with van der Waals surface area (Å²) in [5.41, 5.74) is 3.88. The average molecular weight is 390 g/mol. The lowest BCUT2D eigenvalue weighted by atomic mass is 10.1. The van der Waals surface area contributed by atoms with Crippen molar-refractivity contribution in [1.82, 2.24) is 19.7 Å². The van der Waals surface area contributed by atoms with Crippen LogP contribution in [-0.2, 0) is 11.3 Å². The summed E-state index contributed by atoms with van der Waals surface area (Å²) in [5, 5.41) is 5.93. The quantitative estimate of drug-likeness (QED) is 0.696. The van der Waals surface area contributed by atoms with Crippen molar-refractivity contribution in [3.05, 3.63) is 53.6 Å². The zero-order chi connectivity index (χ0) is 20.0. The first kappa shape index (κ1) is 17.7. The number of aromatic nitrogens is 3. The Morgan fingerprint density at radius 1 is 1.34 bits per heavy atom. The van der Waals surface area contributed by atoms with Crippen molar-refractivity contribution >= 4 is 29.0 Å². The van der Waals surface area contributed by atoms with Crippen LogP contribution in [-0.4, -0.2) is 39.3 Å². The molecule has 0 unspecified atom stereocenters. The molecule has 1 saturated carbocycles. The van der Waals surface area contributed by atoms with Gasteiger partial charge in [0.25, 0.3) is 5.91 Å². The van der Waals surface area contributed by atoms with E-state index in [-0.39, 0.29) is 18.4 Å². The van der Waals surface area contributed by atoms with Crippen LogP contribution in [0.4, 0.5) is 11.5 Å². The van der Waals surface area contributed by atoms with Crippen LogP contribution in [0.1, 0.15) is 34.5 Å². The van der Waals surface area contributed by atoms with E-state index in [0.29, 0.717) is 36.1 Å². The number of rotatable bonds is 5. The minimum Gasteiger partial charge on any atom is -0.359 e.